The van der Waals surface area contributed by atoms with Crippen molar-refractivity contribution >= 4 is 5.78 Å². The number of phenols is 7. The highest BCUT2D eigenvalue weighted by Gasteiger charge is 2.75. The van der Waals surface area contributed by atoms with Gasteiger partial charge in [-0.2, -0.15) is 0 Å². The molecule has 14 N–H and O–H groups in total. The zero-order chi connectivity index (χ0) is 31.9. The largest absolute Gasteiger partial charge is 0.504 e. The van der Waals surface area contributed by atoms with Crippen molar-refractivity contribution in [3.63, 3.8) is 0 Å². The minimum Gasteiger partial charge on any atom is -0.504 e. The number of benzene rings is 2. The molecule has 1 saturated heterocycles. The number of methoxy groups -OCH3 is 2. The van der Waals surface area contributed by atoms with E-state index in [2.05, 4.69) is 0 Å². The third kappa shape index (κ3) is 3.64. The molecular formula is C24H29NO17. The number of aliphatic hydroxyl groups is 7. The van der Waals surface area contributed by atoms with Crippen molar-refractivity contribution in [3.05, 3.63) is 16.7 Å². The molecule has 0 bridgehead atoms. The molecule has 2 aromatic carbocycles. The molecule has 42 heavy (non-hydrogen) atoms. The molecule has 0 radical (unpaired) electrons. The van der Waals surface area contributed by atoms with Crippen molar-refractivity contribution in [2.75, 3.05) is 27.3 Å². The average molecular weight is 603 g/mol. The van der Waals surface area contributed by atoms with E-state index in [1.807, 2.05) is 0 Å². The van der Waals surface area contributed by atoms with Gasteiger partial charge in [0.15, 0.2) is 23.0 Å². The van der Waals surface area contributed by atoms with E-state index in [0.717, 1.165) is 14.2 Å². The minimum atomic E-state index is -3.97. The lowest BCUT2D eigenvalue weighted by Gasteiger charge is -2.48. The lowest BCUT2D eigenvalue weighted by molar-refractivity contribution is -0.378. The Morgan fingerprint density at radius 1 is 0.714 bits per heavy atom. The number of hydrogen-bond acceptors (Lipinski definition) is 18. The second-order valence-electron chi connectivity index (χ2n) is 9.97. The quantitative estimate of drug-likeness (QED) is 0.0882. The number of ether oxygens (including phenoxy) is 2. The maximum Gasteiger partial charge on any atom is 0.261 e. The highest BCUT2D eigenvalue weighted by Crippen LogP contribution is 2.61. The molecule has 232 valence electrons. The number of Topliss-reactive ketones (excluding diaryl/α,β-unsaturated/α-hetero) is 1. The Bertz CT molecular complexity index is 1430. The third-order valence-electron chi connectivity index (χ3n) is 7.92. The van der Waals surface area contributed by atoms with Crippen LogP contribution in [0.3, 0.4) is 0 Å². The van der Waals surface area contributed by atoms with Crippen LogP contribution in [0, 0.1) is 5.92 Å². The summed E-state index contributed by atoms with van der Waals surface area (Å²) in [4.78, 5) is 14.0. The molecule has 1 heterocycles. The van der Waals surface area contributed by atoms with Crippen LogP contribution < -0.4 is 9.47 Å². The first-order valence-corrected chi connectivity index (χ1v) is 12.0. The van der Waals surface area contributed by atoms with E-state index >= 15 is 0 Å². The molecule has 1 aliphatic carbocycles. The Hall–Kier alpha value is -4.01. The highest BCUT2D eigenvalue weighted by molar-refractivity contribution is 6.12. The van der Waals surface area contributed by atoms with Crippen molar-refractivity contribution in [1.29, 1.82) is 0 Å². The number of ketones is 1. The van der Waals surface area contributed by atoms with Gasteiger partial charge in [-0.25, -0.2) is 4.90 Å². The molecule has 1 aliphatic heterocycles. The molecule has 1 atom stereocenters. The highest BCUT2D eigenvalue weighted by atomic mass is 16.6. The van der Waals surface area contributed by atoms with Crippen LogP contribution in [0.1, 0.15) is 34.3 Å². The number of likely N-dealkylation sites (tertiary alicyclic amines) is 1. The first kappa shape index (κ1) is 30.9. The van der Waals surface area contributed by atoms with Gasteiger partial charge in [-0.15, -0.1) is 0 Å². The van der Waals surface area contributed by atoms with Crippen molar-refractivity contribution in [1.82, 2.24) is 4.90 Å². The summed E-state index contributed by atoms with van der Waals surface area (Å²) < 4.78 is 9.77. The van der Waals surface area contributed by atoms with Crippen molar-refractivity contribution in [2.45, 2.75) is 35.9 Å². The second kappa shape index (κ2) is 9.51. The Kier molecular flexibility index (Phi) is 7.00. The predicted octanol–water partition coefficient (Wildman–Crippen LogP) is -3.10. The van der Waals surface area contributed by atoms with Gasteiger partial charge in [-0.1, -0.05) is 0 Å². The van der Waals surface area contributed by atoms with Crippen LogP contribution in [-0.2, 0) is 11.7 Å². The van der Waals surface area contributed by atoms with Gasteiger partial charge in [0.2, 0.25) is 51.7 Å². The van der Waals surface area contributed by atoms with Crippen LogP contribution in [0.2, 0.25) is 0 Å². The normalized spacial score (nSPS) is 21.4. The molecule has 2 aliphatic rings. The monoisotopic (exact) mass is 603 g/mol. The topological polar surface area (TPSA) is 322 Å². The molecule has 1 unspecified atom stereocenters. The molecule has 4 rings (SSSR count). The number of hydrogen-bond donors (Lipinski definition) is 14. The number of rotatable bonds is 6. The minimum absolute atomic E-state index is 0.583. The number of fused-ring (bicyclic) bond motifs is 1. The fourth-order valence-corrected chi connectivity index (χ4v) is 5.61. The van der Waals surface area contributed by atoms with Crippen LogP contribution in [-0.4, -0.2) is 121 Å². The SMILES string of the molecule is COc1c(O)c2c(c(O)c1OC)C(O)(O)C(O)(C(O)(O)C1CCN(C(O)(O)c3c(O)c(O)c(O)c(O)c3O)CC1)C2=O. The average Bonchev–Trinajstić information content (AvgIpc) is 3.10. The lowest BCUT2D eigenvalue weighted by Crippen LogP contribution is -2.71. The number of piperidine rings is 1. The summed E-state index contributed by atoms with van der Waals surface area (Å²) in [5.41, 5.74) is -7.57. The molecular weight excluding hydrogens is 574 g/mol. The van der Waals surface area contributed by atoms with Gasteiger partial charge in [-0.05, 0) is 12.8 Å². The van der Waals surface area contributed by atoms with E-state index in [1.54, 1.807) is 0 Å². The second-order valence-corrected chi connectivity index (χ2v) is 9.97. The summed E-state index contributed by atoms with van der Waals surface area (Å²) in [5.74, 6) is -25.3. The molecule has 0 saturated carbocycles. The van der Waals surface area contributed by atoms with E-state index in [-0.39, 0.29) is 0 Å². The summed E-state index contributed by atoms with van der Waals surface area (Å²) in [7, 11) is 1.99. The number of aromatic hydroxyl groups is 7. The van der Waals surface area contributed by atoms with Crippen molar-refractivity contribution < 1.29 is 85.8 Å². The number of carbonyl (C=O) groups excluding carboxylic acids is 1. The molecule has 18 heteroatoms. The number of phenolic OH excluding ortho intramolecular Hbond substituents is 7. The summed E-state index contributed by atoms with van der Waals surface area (Å²) in [6, 6.07) is 0. The van der Waals surface area contributed by atoms with Gasteiger partial charge in [0.1, 0.15) is 5.56 Å². The summed E-state index contributed by atoms with van der Waals surface area (Å²) >= 11 is 0. The van der Waals surface area contributed by atoms with Crippen molar-refractivity contribution in [2.24, 2.45) is 5.92 Å². The molecule has 0 spiro atoms. The summed E-state index contributed by atoms with van der Waals surface area (Å²) in [6.07, 6.45) is -1.17. The molecule has 0 aromatic heterocycles. The maximum absolute atomic E-state index is 13.4. The third-order valence-corrected chi connectivity index (χ3v) is 7.92. The zero-order valence-corrected chi connectivity index (χ0v) is 21.8. The fourth-order valence-electron chi connectivity index (χ4n) is 5.61. The lowest BCUT2D eigenvalue weighted by atomic mass is 9.73. The fraction of sp³-hybridized carbons (Fsp3) is 0.458. The van der Waals surface area contributed by atoms with Crippen LogP contribution >= 0.6 is 0 Å². The molecule has 1 fully saturated rings. The molecule has 18 nitrogen and oxygen atoms in total. The predicted molar refractivity (Wildman–Crippen MR) is 131 cm³/mol. The van der Waals surface area contributed by atoms with E-state index in [4.69, 9.17) is 9.47 Å². The summed E-state index contributed by atoms with van der Waals surface area (Å²) in [6.45, 7) is -1.22. The van der Waals surface area contributed by atoms with Gasteiger partial charge in [0, 0.05) is 19.0 Å². The van der Waals surface area contributed by atoms with E-state index < -0.39 is 129 Å². The Morgan fingerprint density at radius 2 is 1.14 bits per heavy atom. The van der Waals surface area contributed by atoms with Crippen LogP contribution in [0.5, 0.6) is 51.7 Å². The Balaban J connectivity index is 1.70. The van der Waals surface area contributed by atoms with Gasteiger partial charge in [0.25, 0.3) is 5.91 Å². The smallest absolute Gasteiger partial charge is 0.261 e. The van der Waals surface area contributed by atoms with Gasteiger partial charge < -0.3 is 81.0 Å². The number of nitrogens with zero attached hydrogens (tertiary/aromatic N) is 1. The maximum atomic E-state index is 13.4. The van der Waals surface area contributed by atoms with Gasteiger partial charge in [-0.3, -0.25) is 4.79 Å². The Labute approximate surface area is 234 Å². The molecule has 0 amide bonds. The first-order valence-electron chi connectivity index (χ1n) is 12.0. The van der Waals surface area contributed by atoms with Crippen LogP contribution in [0.15, 0.2) is 0 Å². The van der Waals surface area contributed by atoms with Crippen molar-refractivity contribution in [3.8, 4) is 51.7 Å². The number of carbonyl (C=O) groups is 1. The summed E-state index contributed by atoms with van der Waals surface area (Å²) in [5, 5.41) is 147. The molecule has 2 aromatic rings. The van der Waals surface area contributed by atoms with Crippen LogP contribution in [0.4, 0.5) is 0 Å². The standard InChI is InChI=1S/C24H29NO17/c1-41-18-11(26)8-9(14(29)19(18)42-2)23(37,38)21(34,20(8)33)22(35,36)7-3-5-25(6-4-7)24(39,40)10-12(27)15(30)17(32)16(31)13(10)28/h7,26-32,34-40H,3-6H2,1-2H3. The van der Waals surface area contributed by atoms with E-state index in [1.165, 1.54) is 0 Å². The van der Waals surface area contributed by atoms with Gasteiger partial charge >= 0.3 is 0 Å². The zero-order valence-electron chi connectivity index (χ0n) is 21.8. The van der Waals surface area contributed by atoms with E-state index in [9.17, 15) is 76.3 Å². The van der Waals surface area contributed by atoms with Crippen LogP contribution in [0.25, 0.3) is 0 Å². The van der Waals surface area contributed by atoms with Gasteiger partial charge in [0.05, 0.1) is 25.3 Å². The first-order chi connectivity index (χ1) is 19.3. The van der Waals surface area contributed by atoms with E-state index in [0.29, 0.717) is 4.90 Å². The Morgan fingerprint density at radius 3 is 1.60 bits per heavy atom.